The molecule has 1 N–H and O–H groups in total. The summed E-state index contributed by atoms with van der Waals surface area (Å²) in [5.74, 6) is 0. The van der Waals surface area contributed by atoms with Crippen LogP contribution in [0.5, 0.6) is 0 Å². The van der Waals surface area contributed by atoms with Gasteiger partial charge in [-0.1, -0.05) is 66.2 Å². The van der Waals surface area contributed by atoms with Gasteiger partial charge in [0, 0.05) is 16.7 Å². The summed E-state index contributed by atoms with van der Waals surface area (Å²) in [5, 5.41) is 5.08. The third kappa shape index (κ3) is 3.51. The topological polar surface area (TPSA) is 29.1 Å². The molecule has 3 heteroatoms. The van der Waals surface area contributed by atoms with Gasteiger partial charge in [0.2, 0.25) is 7.29 Å². The Hall–Kier alpha value is -2.15. The lowest BCUT2D eigenvalue weighted by Crippen LogP contribution is -2.29. The lowest BCUT2D eigenvalue weighted by Gasteiger charge is -2.25. The molecule has 24 heavy (non-hydrogen) atoms. The molecule has 0 aliphatic rings. The minimum atomic E-state index is -2.91. The third-order valence-electron chi connectivity index (χ3n) is 4.16. The fraction of sp³-hybridized carbons (Fsp3) is 0.143. The highest BCUT2D eigenvalue weighted by Gasteiger charge is 2.29. The van der Waals surface area contributed by atoms with Crippen molar-refractivity contribution in [3.05, 3.63) is 96.1 Å². The first-order valence-corrected chi connectivity index (χ1v) is 9.86. The van der Waals surface area contributed by atoms with Gasteiger partial charge in [0.25, 0.3) is 0 Å². The molecule has 0 fully saturated rings. The molecule has 0 aromatic heterocycles. The maximum atomic E-state index is 14.0. The van der Waals surface area contributed by atoms with Crippen LogP contribution in [0, 0.1) is 6.92 Å². The van der Waals surface area contributed by atoms with Gasteiger partial charge in [-0.2, -0.15) is 0 Å². The normalized spacial score (nSPS) is 12.8. The highest BCUT2D eigenvalue weighted by atomic mass is 31.2. The van der Waals surface area contributed by atoms with Gasteiger partial charge in [-0.25, -0.2) is 0 Å². The summed E-state index contributed by atoms with van der Waals surface area (Å²) in [6.07, 6.45) is 0. The molecule has 0 heterocycles. The van der Waals surface area contributed by atoms with E-state index in [0.717, 1.165) is 16.2 Å². The van der Waals surface area contributed by atoms with Gasteiger partial charge < -0.3 is 0 Å². The van der Waals surface area contributed by atoms with Gasteiger partial charge in [-0.05, 0) is 43.7 Å². The molecule has 122 valence electrons. The van der Waals surface area contributed by atoms with E-state index in [4.69, 9.17) is 0 Å². The van der Waals surface area contributed by atoms with Crippen LogP contribution in [0.1, 0.15) is 24.1 Å². The highest BCUT2D eigenvalue weighted by molar-refractivity contribution is 7.76. The van der Waals surface area contributed by atoms with Gasteiger partial charge in [0.1, 0.15) is 0 Å². The maximum Gasteiger partial charge on any atom is 0.205 e. The van der Waals surface area contributed by atoms with Crippen LogP contribution in [0.2, 0.25) is 0 Å². The lowest BCUT2D eigenvalue weighted by molar-refractivity contribution is 0.568. The Kier molecular flexibility index (Phi) is 4.99. The van der Waals surface area contributed by atoms with E-state index in [1.165, 1.54) is 5.56 Å². The predicted molar refractivity (Wildman–Crippen MR) is 102 cm³/mol. The molecule has 0 spiro atoms. The average molecular weight is 335 g/mol. The molecule has 3 rings (SSSR count). The van der Waals surface area contributed by atoms with Crippen molar-refractivity contribution in [1.82, 2.24) is 5.09 Å². The van der Waals surface area contributed by atoms with Gasteiger partial charge in [0.15, 0.2) is 0 Å². The van der Waals surface area contributed by atoms with Crippen LogP contribution in [-0.4, -0.2) is 0 Å². The molecule has 0 aliphatic heterocycles. The van der Waals surface area contributed by atoms with Crippen molar-refractivity contribution in [1.29, 1.82) is 0 Å². The molecule has 3 aromatic rings. The Balaban J connectivity index is 2.02. The Morgan fingerprint density at radius 2 is 1.33 bits per heavy atom. The molecular weight excluding hydrogens is 313 g/mol. The summed E-state index contributed by atoms with van der Waals surface area (Å²) >= 11 is 0. The van der Waals surface area contributed by atoms with E-state index in [2.05, 4.69) is 37.1 Å². The van der Waals surface area contributed by atoms with Crippen molar-refractivity contribution in [2.75, 3.05) is 0 Å². The molecule has 0 aliphatic carbocycles. The van der Waals surface area contributed by atoms with E-state index in [1.54, 1.807) is 0 Å². The summed E-state index contributed by atoms with van der Waals surface area (Å²) in [7, 11) is -2.91. The monoisotopic (exact) mass is 335 g/mol. The van der Waals surface area contributed by atoms with Crippen molar-refractivity contribution in [3.63, 3.8) is 0 Å². The average Bonchev–Trinajstić information content (AvgIpc) is 2.63. The Morgan fingerprint density at radius 3 is 1.83 bits per heavy atom. The highest BCUT2D eigenvalue weighted by Crippen LogP contribution is 2.41. The summed E-state index contributed by atoms with van der Waals surface area (Å²) < 4.78 is 14.0. The zero-order valence-electron chi connectivity index (χ0n) is 14.0. The van der Waals surface area contributed by atoms with Crippen molar-refractivity contribution >= 4 is 17.9 Å². The minimum absolute atomic E-state index is 0.0175. The summed E-state index contributed by atoms with van der Waals surface area (Å²) in [6.45, 7) is 4.14. The Morgan fingerprint density at radius 1 is 0.792 bits per heavy atom. The summed E-state index contributed by atoms with van der Waals surface area (Å²) in [6, 6.07) is 27.7. The first kappa shape index (κ1) is 16.7. The minimum Gasteiger partial charge on any atom is -0.297 e. The van der Waals surface area contributed by atoms with Crippen LogP contribution >= 0.6 is 7.29 Å². The molecule has 0 bridgehead atoms. The lowest BCUT2D eigenvalue weighted by atomic mass is 10.1. The largest absolute Gasteiger partial charge is 0.297 e. The van der Waals surface area contributed by atoms with Crippen LogP contribution in [0.25, 0.3) is 0 Å². The van der Waals surface area contributed by atoms with E-state index in [9.17, 15) is 4.57 Å². The van der Waals surface area contributed by atoms with Crippen LogP contribution in [-0.2, 0) is 4.57 Å². The molecule has 1 atom stereocenters. The SMILES string of the molecule is Cc1cccc([C@@H](C)NP(=O)(c2ccccc2)c2ccccc2)c1. The number of aryl methyl sites for hydroxylation is 1. The number of nitrogens with one attached hydrogen (secondary N) is 1. The first-order valence-electron chi connectivity index (χ1n) is 8.15. The fourth-order valence-corrected chi connectivity index (χ4v) is 5.34. The fourth-order valence-electron chi connectivity index (χ4n) is 2.86. The first-order chi connectivity index (χ1) is 11.6. The van der Waals surface area contributed by atoms with Gasteiger partial charge in [-0.3, -0.25) is 9.65 Å². The van der Waals surface area contributed by atoms with Crippen LogP contribution < -0.4 is 15.7 Å². The van der Waals surface area contributed by atoms with E-state index >= 15 is 0 Å². The van der Waals surface area contributed by atoms with Gasteiger partial charge in [-0.15, -0.1) is 0 Å². The Bertz CT molecular complexity index is 802. The molecule has 2 nitrogen and oxygen atoms in total. The van der Waals surface area contributed by atoms with Crippen molar-refractivity contribution in [2.45, 2.75) is 19.9 Å². The van der Waals surface area contributed by atoms with Crippen LogP contribution in [0.3, 0.4) is 0 Å². The molecule has 0 radical (unpaired) electrons. The second kappa shape index (κ2) is 7.17. The van der Waals surface area contributed by atoms with Crippen molar-refractivity contribution in [3.8, 4) is 0 Å². The number of rotatable bonds is 5. The van der Waals surface area contributed by atoms with E-state index < -0.39 is 7.29 Å². The van der Waals surface area contributed by atoms with Crippen molar-refractivity contribution < 1.29 is 4.57 Å². The predicted octanol–water partition coefficient (Wildman–Crippen LogP) is 4.57. The third-order valence-corrected chi connectivity index (χ3v) is 6.96. The molecule has 3 aromatic carbocycles. The standard InChI is InChI=1S/C21H22NOP/c1-17-10-9-11-19(16-17)18(2)22-24(23,20-12-5-3-6-13-20)21-14-7-4-8-15-21/h3-16,18H,1-2H3,(H,22,23)/t18-/m1/s1. The van der Waals surface area contributed by atoms with Crippen molar-refractivity contribution in [2.24, 2.45) is 0 Å². The van der Waals surface area contributed by atoms with Gasteiger partial charge in [0.05, 0.1) is 0 Å². The molecule has 0 saturated heterocycles. The Labute approximate surface area is 144 Å². The van der Waals surface area contributed by atoms with E-state index in [1.807, 2.05) is 66.7 Å². The zero-order valence-corrected chi connectivity index (χ0v) is 14.9. The zero-order chi connectivity index (χ0) is 17.0. The second-order valence-electron chi connectivity index (χ2n) is 6.05. The number of hydrogen-bond donors (Lipinski definition) is 1. The number of benzene rings is 3. The molecular formula is C21H22NOP. The summed E-state index contributed by atoms with van der Waals surface area (Å²) in [5.41, 5.74) is 2.34. The van der Waals surface area contributed by atoms with Gasteiger partial charge >= 0.3 is 0 Å². The molecule has 0 amide bonds. The smallest absolute Gasteiger partial charge is 0.205 e. The van der Waals surface area contributed by atoms with E-state index in [-0.39, 0.29) is 6.04 Å². The second-order valence-corrected chi connectivity index (χ2v) is 8.55. The van der Waals surface area contributed by atoms with Crippen LogP contribution in [0.4, 0.5) is 0 Å². The quantitative estimate of drug-likeness (QED) is 0.692. The van der Waals surface area contributed by atoms with E-state index in [0.29, 0.717) is 0 Å². The maximum absolute atomic E-state index is 14.0. The molecule has 0 saturated carbocycles. The van der Waals surface area contributed by atoms with Crippen LogP contribution in [0.15, 0.2) is 84.9 Å². The number of hydrogen-bond acceptors (Lipinski definition) is 1. The molecule has 0 unspecified atom stereocenters. The summed E-state index contributed by atoms with van der Waals surface area (Å²) in [4.78, 5) is 0.